The van der Waals surface area contributed by atoms with E-state index in [2.05, 4.69) is 5.32 Å². The van der Waals surface area contributed by atoms with Gasteiger partial charge < -0.3 is 29.2 Å². The minimum absolute atomic E-state index is 0.0538. The third-order valence-corrected chi connectivity index (χ3v) is 6.72. The molecule has 0 aromatic heterocycles. The molecule has 41 heavy (non-hydrogen) atoms. The van der Waals surface area contributed by atoms with Crippen molar-refractivity contribution in [2.45, 2.75) is 19.0 Å². The van der Waals surface area contributed by atoms with Crippen molar-refractivity contribution in [1.29, 1.82) is 0 Å². The molecule has 0 radical (unpaired) electrons. The highest BCUT2D eigenvalue weighted by Gasteiger charge is 2.33. The van der Waals surface area contributed by atoms with Gasteiger partial charge in [0.15, 0.2) is 11.5 Å². The van der Waals surface area contributed by atoms with Gasteiger partial charge in [-0.15, -0.1) is 0 Å². The lowest BCUT2D eigenvalue weighted by atomic mass is 10.0. The van der Waals surface area contributed by atoms with E-state index in [0.717, 1.165) is 5.56 Å². The molecule has 0 aliphatic carbocycles. The summed E-state index contributed by atoms with van der Waals surface area (Å²) in [4.78, 5) is 29.6. The van der Waals surface area contributed by atoms with Crippen LogP contribution in [0.4, 0.5) is 10.1 Å². The summed E-state index contributed by atoms with van der Waals surface area (Å²) >= 11 is 0. The van der Waals surface area contributed by atoms with E-state index in [4.69, 9.17) is 18.9 Å². The molecule has 1 heterocycles. The Labute approximate surface area is 237 Å². The second-order valence-corrected chi connectivity index (χ2v) is 9.38. The van der Waals surface area contributed by atoms with E-state index in [1.165, 1.54) is 31.3 Å². The molecule has 1 aliphatic heterocycles. The molecule has 0 spiro atoms. The third kappa shape index (κ3) is 6.41. The van der Waals surface area contributed by atoms with Crippen LogP contribution >= 0.6 is 0 Å². The Bertz CT molecular complexity index is 1530. The fourth-order valence-corrected chi connectivity index (χ4v) is 4.64. The molecular weight excluding hydrogens is 527 g/mol. The number of hydrogen-bond donors (Lipinski definition) is 1. The van der Waals surface area contributed by atoms with Crippen molar-refractivity contribution < 1.29 is 32.9 Å². The summed E-state index contributed by atoms with van der Waals surface area (Å²) in [6.45, 7) is 0.114. The van der Waals surface area contributed by atoms with E-state index in [0.29, 0.717) is 39.8 Å². The molecule has 5 rings (SSSR count). The first kappa shape index (κ1) is 27.5. The fourth-order valence-electron chi connectivity index (χ4n) is 4.64. The Hall–Kier alpha value is -5.05. The maximum absolute atomic E-state index is 14.2. The normalized spacial score (nSPS) is 12.4. The third-order valence-electron chi connectivity index (χ3n) is 6.72. The number of ether oxygens (including phenoxy) is 4. The first-order chi connectivity index (χ1) is 19.9. The first-order valence-corrected chi connectivity index (χ1v) is 13.0. The lowest BCUT2D eigenvalue weighted by Gasteiger charge is -2.32. The monoisotopic (exact) mass is 556 g/mol. The lowest BCUT2D eigenvalue weighted by molar-refractivity contribution is -0.139. The summed E-state index contributed by atoms with van der Waals surface area (Å²) in [5.74, 6) is 0.805. The molecule has 210 valence electrons. The molecule has 0 bridgehead atoms. The summed E-state index contributed by atoms with van der Waals surface area (Å²) in [5, 5.41) is 2.93. The van der Waals surface area contributed by atoms with Gasteiger partial charge in [-0.3, -0.25) is 9.59 Å². The van der Waals surface area contributed by atoms with Crippen LogP contribution in [0.25, 0.3) is 0 Å². The van der Waals surface area contributed by atoms with Gasteiger partial charge in [-0.25, -0.2) is 4.39 Å². The molecule has 4 aromatic rings. The van der Waals surface area contributed by atoms with Gasteiger partial charge in [-0.05, 0) is 53.1 Å². The summed E-state index contributed by atoms with van der Waals surface area (Å²) in [6, 6.07) is 24.2. The van der Waals surface area contributed by atoms with Crippen LogP contribution in [0.15, 0.2) is 91.0 Å². The number of carbonyl (C=O) groups is 2. The molecule has 9 heteroatoms. The molecule has 1 atom stereocenters. The number of rotatable bonds is 10. The van der Waals surface area contributed by atoms with Crippen molar-refractivity contribution in [3.63, 3.8) is 0 Å². The van der Waals surface area contributed by atoms with Gasteiger partial charge in [0.25, 0.3) is 5.91 Å². The molecule has 0 saturated carbocycles. The van der Waals surface area contributed by atoms with Crippen molar-refractivity contribution in [2.24, 2.45) is 0 Å². The van der Waals surface area contributed by atoms with Crippen LogP contribution in [0.3, 0.4) is 0 Å². The van der Waals surface area contributed by atoms with Crippen LogP contribution in [-0.2, 0) is 22.6 Å². The summed E-state index contributed by atoms with van der Waals surface area (Å²) in [5.41, 5.74) is 2.38. The Morgan fingerprint density at radius 3 is 2.37 bits per heavy atom. The van der Waals surface area contributed by atoms with Gasteiger partial charge in [-0.2, -0.15) is 0 Å². The van der Waals surface area contributed by atoms with Crippen molar-refractivity contribution in [1.82, 2.24) is 4.90 Å². The van der Waals surface area contributed by atoms with Crippen molar-refractivity contribution in [3.8, 4) is 23.0 Å². The van der Waals surface area contributed by atoms with Crippen molar-refractivity contribution in [2.75, 3.05) is 26.3 Å². The van der Waals surface area contributed by atoms with E-state index >= 15 is 0 Å². The average molecular weight is 557 g/mol. The number of hydrogen-bond acceptors (Lipinski definition) is 6. The largest absolute Gasteiger partial charge is 0.497 e. The zero-order valence-electron chi connectivity index (χ0n) is 22.6. The highest BCUT2D eigenvalue weighted by Crippen LogP contribution is 2.37. The smallest absolute Gasteiger partial charge is 0.251 e. The zero-order valence-corrected chi connectivity index (χ0v) is 22.6. The average Bonchev–Trinajstić information content (AvgIpc) is 3.47. The van der Waals surface area contributed by atoms with Gasteiger partial charge >= 0.3 is 0 Å². The standard InChI is InChI=1S/C32H29FN2O6/c1-38-25-13-14-26(28(18-25)39-2)34-32(37)31(23-10-15-27-29(17-23)41-20-40-27)35(19-22-8-11-24(33)12-9-22)30(36)16-21-6-4-3-5-7-21/h3-15,17-18,31H,16,19-20H2,1-2H3,(H,34,37). The van der Waals surface area contributed by atoms with Crippen molar-refractivity contribution in [3.05, 3.63) is 114 Å². The number of benzene rings is 4. The van der Waals surface area contributed by atoms with Crippen LogP contribution in [0.1, 0.15) is 22.7 Å². The van der Waals surface area contributed by atoms with Crippen LogP contribution in [-0.4, -0.2) is 37.7 Å². The number of carbonyl (C=O) groups excluding carboxylic acids is 2. The van der Waals surface area contributed by atoms with Gasteiger partial charge in [0.1, 0.15) is 23.4 Å². The highest BCUT2D eigenvalue weighted by molar-refractivity contribution is 5.99. The maximum atomic E-state index is 14.2. The summed E-state index contributed by atoms with van der Waals surface area (Å²) in [6.07, 6.45) is 0.0578. The molecule has 1 unspecified atom stereocenters. The number of nitrogens with one attached hydrogen (secondary N) is 1. The highest BCUT2D eigenvalue weighted by atomic mass is 19.1. The van der Waals surface area contributed by atoms with E-state index in [1.807, 2.05) is 30.3 Å². The maximum Gasteiger partial charge on any atom is 0.251 e. The SMILES string of the molecule is COc1ccc(NC(=O)C(c2ccc3c(c2)OCO3)N(Cc2ccc(F)cc2)C(=O)Cc2ccccc2)c(OC)c1. The molecule has 4 aromatic carbocycles. The number of nitrogens with zero attached hydrogens (tertiary/aromatic N) is 1. The van der Waals surface area contributed by atoms with Gasteiger partial charge in [-0.1, -0.05) is 48.5 Å². The number of amides is 2. The minimum atomic E-state index is -1.09. The molecule has 8 nitrogen and oxygen atoms in total. The summed E-state index contributed by atoms with van der Waals surface area (Å²) < 4.78 is 35.5. The Morgan fingerprint density at radius 1 is 0.878 bits per heavy atom. The predicted molar refractivity (Wildman–Crippen MR) is 151 cm³/mol. The first-order valence-electron chi connectivity index (χ1n) is 13.0. The second kappa shape index (κ2) is 12.4. The van der Waals surface area contributed by atoms with Crippen LogP contribution in [0, 0.1) is 5.82 Å². The molecule has 0 saturated heterocycles. The van der Waals surface area contributed by atoms with Crippen LogP contribution in [0.5, 0.6) is 23.0 Å². The molecule has 0 fully saturated rings. The molecule has 1 aliphatic rings. The van der Waals surface area contributed by atoms with Crippen molar-refractivity contribution >= 4 is 17.5 Å². The van der Waals surface area contributed by atoms with Crippen LogP contribution < -0.4 is 24.3 Å². The predicted octanol–water partition coefficient (Wildman–Crippen LogP) is 5.52. The molecule has 1 N–H and O–H groups in total. The second-order valence-electron chi connectivity index (χ2n) is 9.38. The lowest BCUT2D eigenvalue weighted by Crippen LogP contribution is -2.41. The Balaban J connectivity index is 1.57. The number of methoxy groups -OCH3 is 2. The minimum Gasteiger partial charge on any atom is -0.497 e. The fraction of sp³-hybridized carbons (Fsp3) is 0.188. The van der Waals surface area contributed by atoms with Gasteiger partial charge in [0, 0.05) is 12.6 Å². The van der Waals surface area contributed by atoms with E-state index in [1.54, 1.807) is 48.5 Å². The topological polar surface area (TPSA) is 86.3 Å². The number of fused-ring (bicyclic) bond motifs is 1. The van der Waals surface area contributed by atoms with Gasteiger partial charge in [0.05, 0.1) is 26.3 Å². The molecule has 2 amide bonds. The zero-order chi connectivity index (χ0) is 28.8. The number of anilines is 1. The van der Waals surface area contributed by atoms with E-state index < -0.39 is 17.8 Å². The number of halogens is 1. The van der Waals surface area contributed by atoms with E-state index in [-0.39, 0.29) is 25.7 Å². The Kier molecular flexibility index (Phi) is 8.34. The molecular formula is C32H29FN2O6. The quantitative estimate of drug-likeness (QED) is 0.277. The summed E-state index contributed by atoms with van der Waals surface area (Å²) in [7, 11) is 3.03. The Morgan fingerprint density at radius 2 is 1.63 bits per heavy atom. The van der Waals surface area contributed by atoms with Crippen LogP contribution in [0.2, 0.25) is 0 Å². The van der Waals surface area contributed by atoms with E-state index in [9.17, 15) is 14.0 Å². The van der Waals surface area contributed by atoms with Gasteiger partial charge in [0.2, 0.25) is 12.7 Å².